The number of hydrogen-bond donors (Lipinski definition) is 0. The molecule has 0 bridgehead atoms. The van der Waals surface area contributed by atoms with E-state index in [0.29, 0.717) is 16.6 Å². The van der Waals surface area contributed by atoms with Crippen molar-refractivity contribution in [1.82, 2.24) is 0 Å². The Morgan fingerprint density at radius 2 is 1.45 bits per heavy atom. The van der Waals surface area contributed by atoms with E-state index in [0.717, 1.165) is 24.2 Å². The summed E-state index contributed by atoms with van der Waals surface area (Å²) in [6.07, 6.45) is 9.65. The minimum Gasteiger partial charge on any atom is -0.542 e. The van der Waals surface area contributed by atoms with Gasteiger partial charge in [-0.3, -0.25) is 0 Å². The molecule has 1 nitrogen and oxygen atoms in total. The lowest BCUT2D eigenvalue weighted by atomic mass is 10.0. The van der Waals surface area contributed by atoms with Gasteiger partial charge in [-0.1, -0.05) is 99.0 Å². The van der Waals surface area contributed by atoms with Crippen molar-refractivity contribution in [2.24, 2.45) is 0 Å². The first kappa shape index (κ1) is 25.8. The van der Waals surface area contributed by atoms with E-state index in [1.165, 1.54) is 44.1 Å². The molecule has 0 saturated heterocycles. The smallest absolute Gasteiger partial charge is 0.258 e. The van der Waals surface area contributed by atoms with Crippen LogP contribution >= 0.6 is 0 Å². The molecule has 0 heterocycles. The van der Waals surface area contributed by atoms with E-state index in [-0.39, 0.29) is 0 Å². The van der Waals surface area contributed by atoms with Crippen molar-refractivity contribution in [2.45, 2.75) is 123 Å². The van der Waals surface area contributed by atoms with Crippen LogP contribution in [0.1, 0.15) is 111 Å². The Morgan fingerprint density at radius 3 is 2.00 bits per heavy atom. The summed E-state index contributed by atoms with van der Waals surface area (Å²) >= 11 is 0. The van der Waals surface area contributed by atoms with E-state index in [9.17, 15) is 0 Å². The van der Waals surface area contributed by atoms with Gasteiger partial charge in [0.2, 0.25) is 0 Å². The van der Waals surface area contributed by atoms with Gasteiger partial charge >= 0.3 is 0 Å². The van der Waals surface area contributed by atoms with Gasteiger partial charge in [-0.05, 0) is 53.6 Å². The number of aryl methyl sites for hydroxylation is 1. The van der Waals surface area contributed by atoms with E-state index >= 15 is 0 Å². The molecule has 1 rings (SSSR count). The third kappa shape index (κ3) is 7.52. The number of benzene rings is 1. The Labute approximate surface area is 183 Å². The van der Waals surface area contributed by atoms with Gasteiger partial charge in [-0.25, -0.2) is 0 Å². The summed E-state index contributed by atoms with van der Waals surface area (Å²) < 4.78 is 7.08. The maximum Gasteiger partial charge on any atom is 0.258 e. The highest BCUT2D eigenvalue weighted by Gasteiger charge is 2.47. The van der Waals surface area contributed by atoms with Gasteiger partial charge in [-0.2, -0.15) is 0 Å². The van der Waals surface area contributed by atoms with Crippen LogP contribution in [0.25, 0.3) is 0 Å². The van der Waals surface area contributed by atoms with Crippen molar-refractivity contribution in [3.05, 3.63) is 29.3 Å². The summed E-state index contributed by atoms with van der Waals surface area (Å²) in [6.45, 7) is 18.6. The second-order valence-electron chi connectivity index (χ2n) is 9.47. The van der Waals surface area contributed by atoms with Crippen molar-refractivity contribution in [3.63, 3.8) is 0 Å². The predicted octanol–water partition coefficient (Wildman–Crippen LogP) is 8.91. The summed E-state index contributed by atoms with van der Waals surface area (Å²) in [5.41, 5.74) is 4.18. The van der Waals surface area contributed by atoms with Crippen LogP contribution in [0.5, 0.6) is 5.75 Å². The van der Waals surface area contributed by atoms with Gasteiger partial charge in [0.05, 0.1) is 5.56 Å². The Hall–Kier alpha value is -1.20. The second-order valence-corrected chi connectivity index (χ2v) is 14.8. The summed E-state index contributed by atoms with van der Waals surface area (Å²) in [6, 6.07) is 6.79. The van der Waals surface area contributed by atoms with E-state index < -0.39 is 8.32 Å². The highest BCUT2D eigenvalue weighted by atomic mass is 28.4. The van der Waals surface area contributed by atoms with Crippen LogP contribution in [0.15, 0.2) is 18.2 Å². The standard InChI is InChI=1S/C27H46OSi/c1-9-11-13-15-17-25-19-20-26(18-16-14-12-10-2)27(21-25)28-29(22(3)4,23(5)6)24(7)8/h19-24H,9-15,17H2,1-8H3. The van der Waals surface area contributed by atoms with Crippen LogP contribution in [0, 0.1) is 11.8 Å². The Bertz CT molecular complexity index is 626. The van der Waals surface area contributed by atoms with Crippen LogP contribution in [0.3, 0.4) is 0 Å². The molecule has 0 aliphatic heterocycles. The minimum absolute atomic E-state index is 0.566. The van der Waals surface area contributed by atoms with E-state index in [1.807, 2.05) is 0 Å². The maximum atomic E-state index is 7.08. The molecule has 0 amide bonds. The van der Waals surface area contributed by atoms with Gasteiger partial charge < -0.3 is 4.43 Å². The maximum absolute atomic E-state index is 7.08. The molecule has 2 heteroatoms. The molecule has 29 heavy (non-hydrogen) atoms. The van der Waals surface area contributed by atoms with Crippen LogP contribution in [-0.4, -0.2) is 8.32 Å². The van der Waals surface area contributed by atoms with Crippen LogP contribution in [0.2, 0.25) is 16.6 Å². The molecule has 0 N–H and O–H groups in total. The molecule has 0 radical (unpaired) electrons. The van der Waals surface area contributed by atoms with E-state index in [1.54, 1.807) is 0 Å². The Morgan fingerprint density at radius 1 is 0.828 bits per heavy atom. The molecule has 0 aliphatic rings. The lowest BCUT2D eigenvalue weighted by molar-refractivity contribution is 0.478. The van der Waals surface area contributed by atoms with Gasteiger partial charge in [0.1, 0.15) is 5.75 Å². The third-order valence-corrected chi connectivity index (χ3v) is 12.2. The quantitative estimate of drug-likeness (QED) is 0.188. The second kappa shape index (κ2) is 13.2. The molecule has 0 aromatic heterocycles. The molecule has 164 valence electrons. The number of unbranched alkanes of at least 4 members (excludes halogenated alkanes) is 5. The van der Waals surface area contributed by atoms with Crippen molar-refractivity contribution >= 4 is 8.32 Å². The molecular formula is C27H46OSi. The average molecular weight is 415 g/mol. The zero-order valence-electron chi connectivity index (χ0n) is 20.5. The lowest BCUT2D eigenvalue weighted by Gasteiger charge is -2.42. The summed E-state index contributed by atoms with van der Waals surface area (Å²) in [7, 11) is -1.99. The fourth-order valence-corrected chi connectivity index (χ4v) is 9.89. The van der Waals surface area contributed by atoms with Crippen LogP contribution in [0.4, 0.5) is 0 Å². The van der Waals surface area contributed by atoms with Gasteiger partial charge in [0.15, 0.2) is 0 Å². The van der Waals surface area contributed by atoms with Crippen LogP contribution < -0.4 is 4.43 Å². The van der Waals surface area contributed by atoms with Crippen LogP contribution in [-0.2, 0) is 6.42 Å². The largest absolute Gasteiger partial charge is 0.542 e. The first-order chi connectivity index (χ1) is 13.8. The Kier molecular flexibility index (Phi) is 11.7. The Balaban J connectivity index is 3.25. The fourth-order valence-electron chi connectivity index (χ4n) is 4.63. The monoisotopic (exact) mass is 414 g/mol. The van der Waals surface area contributed by atoms with E-state index in [2.05, 4.69) is 85.4 Å². The SMILES string of the molecule is CCCCC#Cc1ccc(CCCCCC)cc1O[Si](C(C)C)(C(C)C)C(C)C. The van der Waals surface area contributed by atoms with Gasteiger partial charge in [0.25, 0.3) is 8.32 Å². The topological polar surface area (TPSA) is 9.23 Å². The minimum atomic E-state index is -1.99. The molecule has 0 fully saturated rings. The number of rotatable bonds is 12. The molecule has 1 aromatic carbocycles. The highest BCUT2D eigenvalue weighted by Crippen LogP contribution is 2.43. The first-order valence-electron chi connectivity index (χ1n) is 12.1. The molecule has 1 aromatic rings. The molecule has 0 atom stereocenters. The van der Waals surface area contributed by atoms with E-state index in [4.69, 9.17) is 4.43 Å². The van der Waals surface area contributed by atoms with Gasteiger partial charge in [0, 0.05) is 6.42 Å². The zero-order chi connectivity index (χ0) is 21.9. The first-order valence-corrected chi connectivity index (χ1v) is 14.2. The molecule has 0 aliphatic carbocycles. The van der Waals surface area contributed by atoms with Crippen molar-refractivity contribution in [1.29, 1.82) is 0 Å². The van der Waals surface area contributed by atoms with Crippen molar-refractivity contribution in [2.75, 3.05) is 0 Å². The van der Waals surface area contributed by atoms with Gasteiger partial charge in [-0.15, -0.1) is 0 Å². The lowest BCUT2D eigenvalue weighted by Crippen LogP contribution is -2.50. The molecular weight excluding hydrogens is 368 g/mol. The normalized spacial score (nSPS) is 11.8. The summed E-state index contributed by atoms with van der Waals surface area (Å²) in [5, 5.41) is 0. The summed E-state index contributed by atoms with van der Waals surface area (Å²) in [4.78, 5) is 0. The molecule has 0 spiro atoms. The fraction of sp³-hybridized carbons (Fsp3) is 0.704. The third-order valence-electron chi connectivity index (χ3n) is 6.24. The van der Waals surface area contributed by atoms with Crippen molar-refractivity contribution < 1.29 is 4.43 Å². The molecule has 0 unspecified atom stereocenters. The summed E-state index contributed by atoms with van der Waals surface area (Å²) in [5.74, 6) is 7.87. The zero-order valence-corrected chi connectivity index (χ0v) is 21.5. The molecule has 0 saturated carbocycles. The highest BCUT2D eigenvalue weighted by molar-refractivity contribution is 6.78. The van der Waals surface area contributed by atoms with Crippen molar-refractivity contribution in [3.8, 4) is 17.6 Å². The average Bonchev–Trinajstić information content (AvgIpc) is 2.66. The number of hydrogen-bond acceptors (Lipinski definition) is 1. The predicted molar refractivity (Wildman–Crippen MR) is 132 cm³/mol.